The number of amides is 2. The van der Waals surface area contributed by atoms with Gasteiger partial charge in [-0.3, -0.25) is 4.79 Å². The topological polar surface area (TPSA) is 69.6 Å². The number of carboxylic acids is 1. The summed E-state index contributed by atoms with van der Waals surface area (Å²) >= 11 is 1.89. The molecule has 0 saturated heterocycles. The van der Waals surface area contributed by atoms with Gasteiger partial charge in [0.1, 0.15) is 0 Å². The van der Waals surface area contributed by atoms with Gasteiger partial charge in [0, 0.05) is 24.9 Å². The Hall–Kier alpha value is -0.910. The van der Waals surface area contributed by atoms with Crippen molar-refractivity contribution in [3.8, 4) is 0 Å². The molecule has 1 aliphatic carbocycles. The lowest BCUT2D eigenvalue weighted by atomic mass is 10.2. The zero-order valence-electron chi connectivity index (χ0n) is 11.0. The molecule has 0 aromatic rings. The first-order valence-electron chi connectivity index (χ1n) is 6.39. The van der Waals surface area contributed by atoms with E-state index in [4.69, 9.17) is 5.11 Å². The van der Waals surface area contributed by atoms with E-state index in [2.05, 4.69) is 12.2 Å². The lowest BCUT2D eigenvalue weighted by Gasteiger charge is -2.24. The standard InChI is InChI=1S/C12H22N2O3S/c1-3-18-10-6-4-5-9(10)13-12(17)14(2)8-7-11(15)16/h9-10H,3-8H2,1-2H3,(H,13,17)(H,15,16). The van der Waals surface area contributed by atoms with Gasteiger partial charge in [0.2, 0.25) is 0 Å². The molecule has 0 aromatic heterocycles. The number of urea groups is 1. The minimum atomic E-state index is -0.880. The number of hydrogen-bond acceptors (Lipinski definition) is 3. The summed E-state index contributed by atoms with van der Waals surface area (Å²) in [4.78, 5) is 23.8. The third-order valence-corrected chi connectivity index (χ3v) is 4.48. The smallest absolute Gasteiger partial charge is 0.317 e. The maximum absolute atomic E-state index is 11.9. The van der Waals surface area contributed by atoms with E-state index < -0.39 is 5.97 Å². The van der Waals surface area contributed by atoms with Crippen LogP contribution in [0.4, 0.5) is 4.79 Å². The fraction of sp³-hybridized carbons (Fsp3) is 0.833. The molecule has 2 atom stereocenters. The van der Waals surface area contributed by atoms with E-state index in [-0.39, 0.29) is 25.0 Å². The van der Waals surface area contributed by atoms with Gasteiger partial charge in [-0.15, -0.1) is 0 Å². The van der Waals surface area contributed by atoms with Crippen LogP contribution in [0.1, 0.15) is 32.6 Å². The molecule has 2 N–H and O–H groups in total. The molecular formula is C12H22N2O3S. The van der Waals surface area contributed by atoms with Crippen molar-refractivity contribution in [1.29, 1.82) is 0 Å². The van der Waals surface area contributed by atoms with Gasteiger partial charge >= 0.3 is 12.0 Å². The van der Waals surface area contributed by atoms with E-state index in [1.165, 1.54) is 4.90 Å². The Morgan fingerprint density at radius 1 is 1.44 bits per heavy atom. The van der Waals surface area contributed by atoms with E-state index in [1.807, 2.05) is 11.8 Å². The Balaban J connectivity index is 2.36. The van der Waals surface area contributed by atoms with Gasteiger partial charge in [-0.25, -0.2) is 4.79 Å². The molecule has 0 radical (unpaired) electrons. The van der Waals surface area contributed by atoms with Gasteiger partial charge in [0.25, 0.3) is 0 Å². The monoisotopic (exact) mass is 274 g/mol. The Kier molecular flexibility index (Phi) is 6.32. The summed E-state index contributed by atoms with van der Waals surface area (Å²) in [6.07, 6.45) is 3.32. The Morgan fingerprint density at radius 2 is 2.17 bits per heavy atom. The quantitative estimate of drug-likeness (QED) is 0.774. The molecule has 2 amide bonds. The molecule has 1 aliphatic rings. The molecule has 0 bridgehead atoms. The van der Waals surface area contributed by atoms with Crippen LogP contribution in [0.15, 0.2) is 0 Å². The van der Waals surface area contributed by atoms with Crippen molar-refractivity contribution < 1.29 is 14.7 Å². The second-order valence-electron chi connectivity index (χ2n) is 4.55. The summed E-state index contributed by atoms with van der Waals surface area (Å²) in [6.45, 7) is 2.38. The van der Waals surface area contributed by atoms with Crippen molar-refractivity contribution in [2.75, 3.05) is 19.3 Å². The normalized spacial score (nSPS) is 22.8. The lowest BCUT2D eigenvalue weighted by molar-refractivity contribution is -0.137. The van der Waals surface area contributed by atoms with Crippen LogP contribution in [0, 0.1) is 0 Å². The Bertz CT molecular complexity index is 299. The predicted molar refractivity (Wildman–Crippen MR) is 73.0 cm³/mol. The first-order chi connectivity index (χ1) is 8.54. The van der Waals surface area contributed by atoms with Crippen molar-refractivity contribution in [1.82, 2.24) is 10.2 Å². The van der Waals surface area contributed by atoms with Crippen molar-refractivity contribution in [2.45, 2.75) is 43.9 Å². The van der Waals surface area contributed by atoms with Gasteiger partial charge in [-0.05, 0) is 18.6 Å². The van der Waals surface area contributed by atoms with Crippen LogP contribution in [0.3, 0.4) is 0 Å². The Labute approximate surface area is 112 Å². The maximum atomic E-state index is 11.9. The summed E-state index contributed by atoms with van der Waals surface area (Å²) < 4.78 is 0. The van der Waals surface area contributed by atoms with Gasteiger partial charge in [0.15, 0.2) is 0 Å². The summed E-state index contributed by atoms with van der Waals surface area (Å²) in [5.74, 6) is 0.182. The summed E-state index contributed by atoms with van der Waals surface area (Å²) in [5.41, 5.74) is 0. The Morgan fingerprint density at radius 3 is 2.78 bits per heavy atom. The molecular weight excluding hydrogens is 252 g/mol. The number of carboxylic acid groups (broad SMARTS) is 1. The van der Waals surface area contributed by atoms with Crippen LogP contribution in [0.2, 0.25) is 0 Å². The molecule has 0 spiro atoms. The summed E-state index contributed by atoms with van der Waals surface area (Å²) in [7, 11) is 1.63. The van der Waals surface area contributed by atoms with Crippen LogP contribution < -0.4 is 5.32 Å². The van der Waals surface area contributed by atoms with Gasteiger partial charge in [-0.2, -0.15) is 11.8 Å². The van der Waals surface area contributed by atoms with E-state index in [0.717, 1.165) is 25.0 Å². The number of nitrogens with zero attached hydrogens (tertiary/aromatic N) is 1. The SMILES string of the molecule is CCSC1CCCC1NC(=O)N(C)CCC(=O)O. The van der Waals surface area contributed by atoms with Crippen LogP contribution in [0.25, 0.3) is 0 Å². The average molecular weight is 274 g/mol. The molecule has 1 fully saturated rings. The molecule has 1 saturated carbocycles. The van der Waals surface area contributed by atoms with Crippen molar-refractivity contribution >= 4 is 23.8 Å². The number of aliphatic carboxylic acids is 1. The predicted octanol–water partition coefficient (Wildman–Crippen LogP) is 1.78. The fourth-order valence-corrected chi connectivity index (χ4v) is 3.34. The summed E-state index contributed by atoms with van der Waals surface area (Å²) in [6, 6.07) is 0.0691. The highest BCUT2D eigenvalue weighted by molar-refractivity contribution is 7.99. The average Bonchev–Trinajstić information content (AvgIpc) is 2.74. The molecule has 104 valence electrons. The zero-order valence-corrected chi connectivity index (χ0v) is 11.8. The van der Waals surface area contributed by atoms with E-state index in [9.17, 15) is 9.59 Å². The van der Waals surface area contributed by atoms with Crippen LogP contribution in [-0.4, -0.2) is 52.6 Å². The molecule has 0 heterocycles. The molecule has 0 aromatic carbocycles. The van der Waals surface area contributed by atoms with Crippen LogP contribution in [-0.2, 0) is 4.79 Å². The number of thioether (sulfide) groups is 1. The van der Waals surface area contributed by atoms with E-state index in [1.54, 1.807) is 7.05 Å². The highest BCUT2D eigenvalue weighted by Gasteiger charge is 2.29. The van der Waals surface area contributed by atoms with Crippen LogP contribution in [0.5, 0.6) is 0 Å². The third kappa shape index (κ3) is 4.76. The van der Waals surface area contributed by atoms with Crippen molar-refractivity contribution in [2.24, 2.45) is 0 Å². The number of carbonyl (C=O) groups is 2. The van der Waals surface area contributed by atoms with Gasteiger partial charge < -0.3 is 15.3 Å². The minimum Gasteiger partial charge on any atom is -0.481 e. The van der Waals surface area contributed by atoms with E-state index >= 15 is 0 Å². The molecule has 5 nitrogen and oxygen atoms in total. The number of nitrogens with one attached hydrogen (secondary N) is 1. The lowest BCUT2D eigenvalue weighted by Crippen LogP contribution is -2.45. The minimum absolute atomic E-state index is 0.0122. The largest absolute Gasteiger partial charge is 0.481 e. The third-order valence-electron chi connectivity index (χ3n) is 3.15. The van der Waals surface area contributed by atoms with Crippen molar-refractivity contribution in [3.63, 3.8) is 0 Å². The zero-order chi connectivity index (χ0) is 13.5. The number of hydrogen-bond donors (Lipinski definition) is 2. The molecule has 6 heteroatoms. The van der Waals surface area contributed by atoms with E-state index in [0.29, 0.717) is 5.25 Å². The van der Waals surface area contributed by atoms with Crippen LogP contribution >= 0.6 is 11.8 Å². The fourth-order valence-electron chi connectivity index (χ4n) is 2.14. The molecule has 18 heavy (non-hydrogen) atoms. The van der Waals surface area contributed by atoms with Gasteiger partial charge in [0.05, 0.1) is 6.42 Å². The second kappa shape index (κ2) is 7.51. The molecule has 1 rings (SSSR count). The van der Waals surface area contributed by atoms with Gasteiger partial charge in [-0.1, -0.05) is 13.3 Å². The first-order valence-corrected chi connectivity index (χ1v) is 7.44. The highest BCUT2D eigenvalue weighted by Crippen LogP contribution is 2.29. The van der Waals surface area contributed by atoms with Crippen molar-refractivity contribution in [3.05, 3.63) is 0 Å². The molecule has 0 aliphatic heterocycles. The summed E-state index contributed by atoms with van der Waals surface area (Å²) in [5, 5.41) is 12.1. The maximum Gasteiger partial charge on any atom is 0.317 e. The molecule has 2 unspecified atom stereocenters. The highest BCUT2D eigenvalue weighted by atomic mass is 32.2. The second-order valence-corrected chi connectivity index (χ2v) is 6.06. The first kappa shape index (κ1) is 15.1. The number of carbonyl (C=O) groups excluding carboxylic acids is 1. The number of rotatable bonds is 6.